The molecular formula is C16H16N4O5. The lowest BCUT2D eigenvalue weighted by Gasteiger charge is -2.15. The molecule has 0 saturated carbocycles. The first kappa shape index (κ1) is 16.5. The van der Waals surface area contributed by atoms with Gasteiger partial charge in [-0.05, 0) is 25.1 Å². The molecule has 3 heterocycles. The van der Waals surface area contributed by atoms with Crippen molar-refractivity contribution in [1.82, 2.24) is 19.1 Å². The molecule has 3 aromatic heterocycles. The summed E-state index contributed by atoms with van der Waals surface area (Å²) in [5.74, 6) is -0.804. The number of carbonyl (C=O) groups excluding carboxylic acids is 1. The fraction of sp³-hybridized carbons (Fsp3) is 0.250. The summed E-state index contributed by atoms with van der Waals surface area (Å²) in [6.07, 6.45) is 1.58. The van der Waals surface area contributed by atoms with Gasteiger partial charge in [-0.2, -0.15) is 0 Å². The van der Waals surface area contributed by atoms with Gasteiger partial charge < -0.3 is 14.4 Å². The van der Waals surface area contributed by atoms with Crippen LogP contribution >= 0.6 is 0 Å². The molecule has 1 amide bonds. The van der Waals surface area contributed by atoms with Crippen molar-refractivity contribution in [2.45, 2.75) is 20.0 Å². The number of fused-ring (bicyclic) bond motifs is 1. The zero-order chi connectivity index (χ0) is 18.1. The summed E-state index contributed by atoms with van der Waals surface area (Å²) in [5, 5.41) is 13.1. The molecule has 0 aliphatic heterocycles. The molecule has 1 N–H and O–H groups in total. The Kier molecular flexibility index (Phi) is 4.14. The maximum Gasteiger partial charge on any atom is 0.350 e. The molecule has 0 atom stereocenters. The van der Waals surface area contributed by atoms with Crippen LogP contribution in [0.3, 0.4) is 0 Å². The van der Waals surface area contributed by atoms with Gasteiger partial charge in [0, 0.05) is 13.2 Å². The maximum atomic E-state index is 12.3. The zero-order valence-electron chi connectivity index (χ0n) is 13.7. The molecule has 0 radical (unpaired) electrons. The first-order valence-corrected chi connectivity index (χ1v) is 7.47. The second-order valence-corrected chi connectivity index (χ2v) is 5.61. The smallest absolute Gasteiger partial charge is 0.350 e. The van der Waals surface area contributed by atoms with E-state index in [1.54, 1.807) is 38.4 Å². The van der Waals surface area contributed by atoms with Gasteiger partial charge in [0.1, 0.15) is 23.6 Å². The predicted molar refractivity (Wildman–Crippen MR) is 86.3 cm³/mol. The van der Waals surface area contributed by atoms with E-state index in [2.05, 4.69) is 5.10 Å². The summed E-state index contributed by atoms with van der Waals surface area (Å²) < 4.78 is 7.79. The summed E-state index contributed by atoms with van der Waals surface area (Å²) in [5.41, 5.74) is 0.113. The monoisotopic (exact) mass is 344 g/mol. The van der Waals surface area contributed by atoms with Gasteiger partial charge in [0.2, 0.25) is 5.91 Å². The van der Waals surface area contributed by atoms with Crippen LogP contribution in [0.15, 0.2) is 39.7 Å². The van der Waals surface area contributed by atoms with Gasteiger partial charge in [0.15, 0.2) is 5.65 Å². The van der Waals surface area contributed by atoms with E-state index in [1.807, 2.05) is 0 Å². The lowest BCUT2D eigenvalue weighted by Crippen LogP contribution is -2.33. The lowest BCUT2D eigenvalue weighted by molar-refractivity contribution is -0.131. The average Bonchev–Trinajstić information content (AvgIpc) is 3.08. The van der Waals surface area contributed by atoms with Crippen LogP contribution in [0.25, 0.3) is 5.65 Å². The summed E-state index contributed by atoms with van der Waals surface area (Å²) in [6.45, 7) is 1.42. The minimum absolute atomic E-state index is 0.0624. The molecule has 0 aliphatic rings. The summed E-state index contributed by atoms with van der Waals surface area (Å²) in [7, 11) is 1.54. The van der Waals surface area contributed by atoms with E-state index in [-0.39, 0.29) is 30.3 Å². The number of rotatable bonds is 5. The highest BCUT2D eigenvalue weighted by Gasteiger charge is 2.18. The second kappa shape index (κ2) is 6.27. The number of aromatic nitrogens is 3. The average molecular weight is 344 g/mol. The number of carboxylic acid groups (broad SMARTS) is 1. The summed E-state index contributed by atoms with van der Waals surface area (Å²) in [6, 6.07) is 6.51. The molecule has 0 fully saturated rings. The Balaban J connectivity index is 1.74. The fourth-order valence-corrected chi connectivity index (χ4v) is 2.48. The van der Waals surface area contributed by atoms with Crippen molar-refractivity contribution in [3.05, 3.63) is 58.0 Å². The van der Waals surface area contributed by atoms with Crippen molar-refractivity contribution >= 4 is 17.5 Å². The van der Waals surface area contributed by atoms with Gasteiger partial charge in [-0.3, -0.25) is 9.20 Å². The Morgan fingerprint density at radius 1 is 1.36 bits per heavy atom. The van der Waals surface area contributed by atoms with Gasteiger partial charge in [0.05, 0.1) is 6.54 Å². The highest BCUT2D eigenvalue weighted by Crippen LogP contribution is 2.16. The molecule has 25 heavy (non-hydrogen) atoms. The van der Waals surface area contributed by atoms with Crippen LogP contribution in [0.2, 0.25) is 0 Å². The third-order valence-electron chi connectivity index (χ3n) is 3.79. The van der Waals surface area contributed by atoms with Crippen molar-refractivity contribution in [1.29, 1.82) is 0 Å². The van der Waals surface area contributed by atoms with Gasteiger partial charge in [-0.25, -0.2) is 14.3 Å². The van der Waals surface area contributed by atoms with Gasteiger partial charge in [0.25, 0.3) is 0 Å². The van der Waals surface area contributed by atoms with E-state index in [4.69, 9.17) is 9.52 Å². The molecular weight excluding hydrogens is 328 g/mol. The molecule has 0 aliphatic carbocycles. The third-order valence-corrected chi connectivity index (χ3v) is 3.79. The largest absolute Gasteiger partial charge is 0.478 e. The van der Waals surface area contributed by atoms with Crippen molar-refractivity contribution in [3.63, 3.8) is 0 Å². The number of hydrogen-bond donors (Lipinski definition) is 1. The number of likely N-dealkylation sites (N-methyl/N-ethyl adjacent to an activating group) is 1. The first-order chi connectivity index (χ1) is 11.9. The number of aryl methyl sites for hydroxylation is 1. The molecule has 9 heteroatoms. The minimum Gasteiger partial charge on any atom is -0.478 e. The van der Waals surface area contributed by atoms with Crippen molar-refractivity contribution < 1.29 is 19.1 Å². The van der Waals surface area contributed by atoms with Gasteiger partial charge in [-0.15, -0.1) is 5.10 Å². The number of carbonyl (C=O) groups is 2. The van der Waals surface area contributed by atoms with E-state index in [0.29, 0.717) is 11.4 Å². The first-order valence-electron chi connectivity index (χ1n) is 7.47. The molecule has 130 valence electrons. The van der Waals surface area contributed by atoms with Crippen LogP contribution in [-0.2, 0) is 17.9 Å². The maximum absolute atomic E-state index is 12.3. The molecule has 3 aromatic rings. The Morgan fingerprint density at radius 2 is 2.12 bits per heavy atom. The lowest BCUT2D eigenvalue weighted by atomic mass is 10.2. The van der Waals surface area contributed by atoms with Crippen LogP contribution in [0.1, 0.15) is 21.9 Å². The number of hydrogen-bond acceptors (Lipinski definition) is 5. The Labute approximate surface area is 141 Å². The fourth-order valence-electron chi connectivity index (χ4n) is 2.48. The molecule has 0 spiro atoms. The molecule has 3 rings (SSSR count). The topological polar surface area (TPSA) is 110 Å². The highest BCUT2D eigenvalue weighted by atomic mass is 16.4. The molecule has 0 bridgehead atoms. The van der Waals surface area contributed by atoms with Crippen LogP contribution in [0.4, 0.5) is 0 Å². The number of carboxylic acids is 1. The molecule has 0 aromatic carbocycles. The molecule has 0 unspecified atom stereocenters. The van der Waals surface area contributed by atoms with Crippen LogP contribution in [0, 0.1) is 6.92 Å². The highest BCUT2D eigenvalue weighted by molar-refractivity contribution is 5.88. The van der Waals surface area contributed by atoms with E-state index >= 15 is 0 Å². The standard InChI is InChI=1S/C16H16N4O5/c1-10-12(15(22)23)7-11(25-10)8-18(2)14(21)9-20-16(24)19-6-4-3-5-13(19)17-20/h3-7H,8-9H2,1-2H3,(H,22,23). The summed E-state index contributed by atoms with van der Waals surface area (Å²) >= 11 is 0. The Bertz CT molecular complexity index is 1010. The normalized spacial score (nSPS) is 11.0. The number of amides is 1. The molecule has 0 saturated heterocycles. The second-order valence-electron chi connectivity index (χ2n) is 5.61. The van der Waals surface area contributed by atoms with E-state index in [0.717, 1.165) is 4.68 Å². The van der Waals surface area contributed by atoms with Crippen LogP contribution in [-0.4, -0.2) is 43.1 Å². The number of nitrogens with zero attached hydrogens (tertiary/aromatic N) is 4. The van der Waals surface area contributed by atoms with Crippen molar-refractivity contribution in [2.24, 2.45) is 0 Å². The Morgan fingerprint density at radius 3 is 2.76 bits per heavy atom. The van der Waals surface area contributed by atoms with E-state index in [1.165, 1.54) is 15.4 Å². The quantitative estimate of drug-likeness (QED) is 0.731. The number of furan rings is 1. The van der Waals surface area contributed by atoms with Gasteiger partial charge >= 0.3 is 11.7 Å². The Hall–Kier alpha value is -3.36. The van der Waals surface area contributed by atoms with Crippen molar-refractivity contribution in [3.8, 4) is 0 Å². The SMILES string of the molecule is Cc1oc(CN(C)C(=O)Cn2nc3ccccn3c2=O)cc1C(=O)O. The van der Waals surface area contributed by atoms with E-state index in [9.17, 15) is 14.4 Å². The molecule has 9 nitrogen and oxygen atoms in total. The number of aromatic carboxylic acids is 1. The van der Waals surface area contributed by atoms with Gasteiger partial charge in [-0.1, -0.05) is 6.07 Å². The van der Waals surface area contributed by atoms with Crippen LogP contribution in [0.5, 0.6) is 0 Å². The van der Waals surface area contributed by atoms with E-state index < -0.39 is 11.7 Å². The predicted octanol–water partition coefficient (Wildman–Crippen LogP) is 0.754. The third kappa shape index (κ3) is 3.16. The zero-order valence-corrected chi connectivity index (χ0v) is 13.7. The van der Waals surface area contributed by atoms with Crippen molar-refractivity contribution in [2.75, 3.05) is 7.05 Å². The summed E-state index contributed by atoms with van der Waals surface area (Å²) in [4.78, 5) is 36.9. The minimum atomic E-state index is -1.09. The number of pyridine rings is 1. The van der Waals surface area contributed by atoms with Crippen LogP contribution < -0.4 is 5.69 Å².